The highest BCUT2D eigenvalue weighted by Crippen LogP contribution is 2.27. The van der Waals surface area contributed by atoms with Crippen molar-refractivity contribution in [2.75, 3.05) is 12.8 Å². The molecule has 0 aliphatic carbocycles. The summed E-state index contributed by atoms with van der Waals surface area (Å²) in [5.74, 6) is 0. The van der Waals surface area contributed by atoms with Gasteiger partial charge in [0.2, 0.25) is 10.0 Å². The second-order valence-corrected chi connectivity index (χ2v) is 6.78. The average molecular weight is 294 g/mol. The van der Waals surface area contributed by atoms with E-state index in [4.69, 9.17) is 5.73 Å². The van der Waals surface area contributed by atoms with E-state index in [1.807, 2.05) is 0 Å². The highest BCUT2D eigenvalue weighted by molar-refractivity contribution is 7.89. The molecule has 0 bridgehead atoms. The Morgan fingerprint density at radius 2 is 2.05 bits per heavy atom. The Balaban J connectivity index is 2.42. The summed E-state index contributed by atoms with van der Waals surface area (Å²) in [5, 5.41) is 6.48. The molecule has 0 radical (unpaired) electrons. The smallest absolute Gasteiger partial charge is 0.243 e. The first-order valence-electron chi connectivity index (χ1n) is 6.13. The summed E-state index contributed by atoms with van der Waals surface area (Å²) in [4.78, 5) is 0.281. The fraction of sp³-hybridized carbons (Fsp3) is 0.308. The van der Waals surface area contributed by atoms with Gasteiger partial charge in [0.25, 0.3) is 0 Å². The molecule has 0 saturated carbocycles. The first kappa shape index (κ1) is 14.5. The molecule has 0 amide bonds. The van der Waals surface area contributed by atoms with Gasteiger partial charge in [0, 0.05) is 31.0 Å². The van der Waals surface area contributed by atoms with Gasteiger partial charge in [0.15, 0.2) is 0 Å². The second kappa shape index (κ2) is 5.26. The lowest BCUT2D eigenvalue weighted by Crippen LogP contribution is -2.27. The van der Waals surface area contributed by atoms with E-state index in [0.717, 1.165) is 5.56 Å². The third-order valence-corrected chi connectivity index (χ3v) is 5.37. The summed E-state index contributed by atoms with van der Waals surface area (Å²) in [7, 11) is -2.04. The van der Waals surface area contributed by atoms with Crippen LogP contribution in [0.5, 0.6) is 0 Å². The molecular weight excluding hydrogens is 276 g/mol. The largest absolute Gasteiger partial charge is 0.398 e. The minimum absolute atomic E-state index is 0.256. The van der Waals surface area contributed by atoms with Gasteiger partial charge in [-0.15, -0.1) is 0 Å². The van der Waals surface area contributed by atoms with Crippen LogP contribution in [0.2, 0.25) is 0 Å². The SMILES string of the molecule is Cc1ccc(N)c(C)c1S(=O)(=O)N(C)Cc1cn[nH]c1. The molecule has 0 aliphatic heterocycles. The van der Waals surface area contributed by atoms with Crippen molar-refractivity contribution in [3.8, 4) is 0 Å². The molecule has 2 aromatic rings. The van der Waals surface area contributed by atoms with E-state index in [9.17, 15) is 8.42 Å². The number of hydrogen-bond acceptors (Lipinski definition) is 4. The fourth-order valence-electron chi connectivity index (χ4n) is 2.10. The fourth-order valence-corrected chi connectivity index (χ4v) is 3.71. The molecule has 2 rings (SSSR count). The zero-order valence-electron chi connectivity index (χ0n) is 11.7. The molecule has 0 unspecified atom stereocenters. The maximum atomic E-state index is 12.7. The van der Waals surface area contributed by atoms with E-state index in [1.165, 1.54) is 4.31 Å². The number of nitrogens with two attached hydrogens (primary N) is 1. The van der Waals surface area contributed by atoms with Crippen LogP contribution < -0.4 is 5.73 Å². The van der Waals surface area contributed by atoms with Crippen molar-refractivity contribution in [1.29, 1.82) is 0 Å². The van der Waals surface area contributed by atoms with Crippen LogP contribution in [-0.2, 0) is 16.6 Å². The molecule has 1 aromatic carbocycles. The number of aryl methyl sites for hydroxylation is 1. The number of aromatic nitrogens is 2. The van der Waals surface area contributed by atoms with Crippen LogP contribution in [0, 0.1) is 13.8 Å². The first-order valence-corrected chi connectivity index (χ1v) is 7.57. The number of rotatable bonds is 4. The van der Waals surface area contributed by atoms with Gasteiger partial charge in [-0.2, -0.15) is 9.40 Å². The zero-order valence-corrected chi connectivity index (χ0v) is 12.5. The molecule has 0 aliphatic rings. The molecule has 1 aromatic heterocycles. The number of sulfonamides is 1. The Morgan fingerprint density at radius 3 is 2.65 bits per heavy atom. The summed E-state index contributed by atoms with van der Waals surface area (Å²) in [6, 6.07) is 3.45. The molecule has 108 valence electrons. The number of H-pyrrole nitrogens is 1. The maximum Gasteiger partial charge on any atom is 0.243 e. The van der Waals surface area contributed by atoms with E-state index in [2.05, 4.69) is 10.2 Å². The third-order valence-electron chi connectivity index (χ3n) is 3.27. The van der Waals surface area contributed by atoms with Gasteiger partial charge in [-0.05, 0) is 31.0 Å². The lowest BCUT2D eigenvalue weighted by atomic mass is 10.1. The van der Waals surface area contributed by atoms with Crippen molar-refractivity contribution in [2.24, 2.45) is 0 Å². The van der Waals surface area contributed by atoms with E-state index in [-0.39, 0.29) is 11.4 Å². The van der Waals surface area contributed by atoms with E-state index < -0.39 is 10.0 Å². The van der Waals surface area contributed by atoms with Crippen molar-refractivity contribution in [1.82, 2.24) is 14.5 Å². The van der Waals surface area contributed by atoms with Crippen LogP contribution in [0.3, 0.4) is 0 Å². The average Bonchev–Trinajstić information content (AvgIpc) is 2.87. The van der Waals surface area contributed by atoms with Gasteiger partial charge < -0.3 is 5.73 Å². The van der Waals surface area contributed by atoms with Crippen molar-refractivity contribution < 1.29 is 8.42 Å². The van der Waals surface area contributed by atoms with Crippen LogP contribution in [0.25, 0.3) is 0 Å². The van der Waals surface area contributed by atoms with Crippen LogP contribution in [0.4, 0.5) is 5.69 Å². The molecule has 20 heavy (non-hydrogen) atoms. The number of nitrogens with one attached hydrogen (secondary N) is 1. The monoisotopic (exact) mass is 294 g/mol. The molecule has 0 saturated heterocycles. The predicted octanol–water partition coefficient (Wildman–Crippen LogP) is 1.43. The summed E-state index contributed by atoms with van der Waals surface area (Å²) in [5.41, 5.74) is 8.38. The number of hydrogen-bond donors (Lipinski definition) is 2. The molecule has 3 N–H and O–H groups in total. The minimum Gasteiger partial charge on any atom is -0.398 e. The van der Waals surface area contributed by atoms with E-state index >= 15 is 0 Å². The van der Waals surface area contributed by atoms with Crippen molar-refractivity contribution in [2.45, 2.75) is 25.3 Å². The summed E-state index contributed by atoms with van der Waals surface area (Å²) >= 11 is 0. The standard InChI is InChI=1S/C13H18N4O2S/c1-9-4-5-12(14)10(2)13(9)20(18,19)17(3)8-11-6-15-16-7-11/h4-7H,8,14H2,1-3H3,(H,15,16). The Morgan fingerprint density at radius 1 is 1.35 bits per heavy atom. The van der Waals surface area contributed by atoms with E-state index in [1.54, 1.807) is 45.4 Å². The Kier molecular flexibility index (Phi) is 3.82. The number of nitrogens with zero attached hydrogens (tertiary/aromatic N) is 2. The number of nitrogen functional groups attached to an aromatic ring is 1. The Hall–Kier alpha value is -1.86. The molecule has 0 fully saturated rings. The van der Waals surface area contributed by atoms with Gasteiger partial charge in [0.05, 0.1) is 11.1 Å². The normalized spacial score (nSPS) is 12.0. The van der Waals surface area contributed by atoms with Crippen LogP contribution in [-0.4, -0.2) is 30.0 Å². The van der Waals surface area contributed by atoms with Gasteiger partial charge >= 0.3 is 0 Å². The molecule has 1 heterocycles. The third kappa shape index (κ3) is 2.54. The van der Waals surface area contributed by atoms with Crippen LogP contribution in [0.15, 0.2) is 29.4 Å². The lowest BCUT2D eigenvalue weighted by Gasteiger charge is -2.20. The van der Waals surface area contributed by atoms with Gasteiger partial charge in [-0.25, -0.2) is 8.42 Å². The summed E-state index contributed by atoms with van der Waals surface area (Å²) in [6.07, 6.45) is 3.27. The van der Waals surface area contributed by atoms with Gasteiger partial charge in [-0.3, -0.25) is 5.10 Å². The predicted molar refractivity (Wildman–Crippen MR) is 77.6 cm³/mol. The summed E-state index contributed by atoms with van der Waals surface area (Å²) in [6.45, 7) is 3.75. The van der Waals surface area contributed by atoms with Crippen molar-refractivity contribution in [3.63, 3.8) is 0 Å². The number of aromatic amines is 1. The maximum absolute atomic E-state index is 12.7. The molecule has 7 heteroatoms. The van der Waals surface area contributed by atoms with E-state index in [0.29, 0.717) is 16.8 Å². The molecule has 6 nitrogen and oxygen atoms in total. The van der Waals surface area contributed by atoms with Crippen molar-refractivity contribution in [3.05, 3.63) is 41.2 Å². The Labute approximate surface area is 118 Å². The van der Waals surface area contributed by atoms with Gasteiger partial charge in [-0.1, -0.05) is 6.07 Å². The quantitative estimate of drug-likeness (QED) is 0.834. The molecular formula is C13H18N4O2S. The van der Waals surface area contributed by atoms with Crippen molar-refractivity contribution >= 4 is 15.7 Å². The topological polar surface area (TPSA) is 92.1 Å². The van der Waals surface area contributed by atoms with Crippen LogP contribution in [0.1, 0.15) is 16.7 Å². The number of anilines is 1. The molecule has 0 atom stereocenters. The number of benzene rings is 1. The highest BCUT2D eigenvalue weighted by Gasteiger charge is 2.25. The highest BCUT2D eigenvalue weighted by atomic mass is 32.2. The minimum atomic E-state index is -3.59. The van der Waals surface area contributed by atoms with Crippen LogP contribution >= 0.6 is 0 Å². The lowest BCUT2D eigenvalue weighted by molar-refractivity contribution is 0.466. The zero-order chi connectivity index (χ0) is 14.9. The first-order chi connectivity index (χ1) is 9.34. The van der Waals surface area contributed by atoms with Gasteiger partial charge in [0.1, 0.15) is 0 Å². The Bertz CT molecular complexity index is 708. The summed E-state index contributed by atoms with van der Waals surface area (Å²) < 4.78 is 26.7. The second-order valence-electron chi connectivity index (χ2n) is 4.79. The molecule has 0 spiro atoms.